The molecule has 2 aromatic carbocycles. The number of benzene rings is 2. The first-order valence-corrected chi connectivity index (χ1v) is 13.3. The molecule has 2 aromatic rings. The standard InChI is InChI=1S/C29H37Cl2N3O2/c1-18(2)13-23(16-35)33-27(36)26-25(19-7-6-8-22(31)14-19)29(17-32,20-9-11-21(30)12-10-20)24(34-26)15-28(3,4)5/h6-12,14,18,23-26,34-35H,13,15-16H2,1-5H3,(H,33,36). The zero-order chi connectivity index (χ0) is 26.7. The number of hydrogen-bond donors (Lipinski definition) is 3. The lowest BCUT2D eigenvalue weighted by Crippen LogP contribution is -2.49. The van der Waals surface area contributed by atoms with E-state index in [4.69, 9.17) is 23.2 Å². The van der Waals surface area contributed by atoms with Gasteiger partial charge in [-0.25, -0.2) is 0 Å². The monoisotopic (exact) mass is 529 g/mol. The highest BCUT2D eigenvalue weighted by molar-refractivity contribution is 6.30. The van der Waals surface area contributed by atoms with E-state index in [0.717, 1.165) is 11.1 Å². The van der Waals surface area contributed by atoms with E-state index < -0.39 is 17.4 Å². The van der Waals surface area contributed by atoms with E-state index in [1.54, 1.807) is 18.2 Å². The predicted molar refractivity (Wildman–Crippen MR) is 146 cm³/mol. The highest BCUT2D eigenvalue weighted by atomic mass is 35.5. The van der Waals surface area contributed by atoms with E-state index in [0.29, 0.717) is 28.8 Å². The van der Waals surface area contributed by atoms with Crippen LogP contribution < -0.4 is 10.6 Å². The Balaban J connectivity index is 2.19. The molecule has 5 nitrogen and oxygen atoms in total. The maximum Gasteiger partial charge on any atom is 0.238 e. The molecule has 7 heteroatoms. The fraction of sp³-hybridized carbons (Fsp3) is 0.517. The summed E-state index contributed by atoms with van der Waals surface area (Å²) in [5, 5.41) is 28.6. The smallest absolute Gasteiger partial charge is 0.238 e. The van der Waals surface area contributed by atoms with Crippen LogP contribution in [-0.2, 0) is 10.2 Å². The van der Waals surface area contributed by atoms with E-state index in [1.807, 2.05) is 30.3 Å². The molecule has 0 radical (unpaired) electrons. The minimum atomic E-state index is -1.06. The molecule has 1 fully saturated rings. The van der Waals surface area contributed by atoms with Crippen molar-refractivity contribution in [3.63, 3.8) is 0 Å². The van der Waals surface area contributed by atoms with E-state index in [-0.39, 0.29) is 30.0 Å². The first-order chi connectivity index (χ1) is 16.9. The van der Waals surface area contributed by atoms with Crippen molar-refractivity contribution in [1.82, 2.24) is 10.6 Å². The lowest BCUT2D eigenvalue weighted by atomic mass is 9.63. The molecule has 0 bridgehead atoms. The highest BCUT2D eigenvalue weighted by Gasteiger charge is 2.59. The van der Waals surface area contributed by atoms with Crippen LogP contribution in [0, 0.1) is 22.7 Å². The Morgan fingerprint density at radius 1 is 1.17 bits per heavy atom. The summed E-state index contributed by atoms with van der Waals surface area (Å²) in [4.78, 5) is 13.8. The molecule has 3 rings (SSSR count). The first kappa shape index (κ1) is 28.5. The number of halogens is 2. The van der Waals surface area contributed by atoms with E-state index in [1.165, 1.54) is 0 Å². The van der Waals surface area contributed by atoms with Gasteiger partial charge in [-0.15, -0.1) is 0 Å². The third-order valence-corrected chi connectivity index (χ3v) is 7.38. The highest BCUT2D eigenvalue weighted by Crippen LogP contribution is 2.51. The lowest BCUT2D eigenvalue weighted by Gasteiger charge is -2.37. The number of nitriles is 1. The van der Waals surface area contributed by atoms with E-state index >= 15 is 0 Å². The fourth-order valence-electron chi connectivity index (χ4n) is 5.50. The number of aliphatic hydroxyl groups is 1. The molecular formula is C29H37Cl2N3O2. The van der Waals surface area contributed by atoms with Gasteiger partial charge in [0.25, 0.3) is 0 Å². The van der Waals surface area contributed by atoms with Crippen LogP contribution in [0.25, 0.3) is 0 Å². The van der Waals surface area contributed by atoms with Gasteiger partial charge in [0, 0.05) is 22.0 Å². The molecule has 1 aliphatic rings. The molecule has 0 aromatic heterocycles. The number of amides is 1. The maximum atomic E-state index is 13.8. The molecule has 3 N–H and O–H groups in total. The number of nitrogens with one attached hydrogen (secondary N) is 2. The predicted octanol–water partition coefficient (Wildman–Crippen LogP) is 5.84. The van der Waals surface area contributed by atoms with Gasteiger partial charge in [-0.1, -0.05) is 82.1 Å². The number of nitrogens with zero attached hydrogens (tertiary/aromatic N) is 1. The van der Waals surface area contributed by atoms with E-state index in [2.05, 4.69) is 51.3 Å². The van der Waals surface area contributed by atoms with Crippen molar-refractivity contribution in [2.24, 2.45) is 11.3 Å². The second kappa shape index (κ2) is 11.5. The van der Waals surface area contributed by atoms with Gasteiger partial charge in [0.2, 0.25) is 5.91 Å². The molecule has 0 saturated carbocycles. The van der Waals surface area contributed by atoms with Crippen molar-refractivity contribution in [3.8, 4) is 6.07 Å². The second-order valence-electron chi connectivity index (χ2n) is 11.5. The Bertz CT molecular complexity index is 1090. The summed E-state index contributed by atoms with van der Waals surface area (Å²) in [5.41, 5.74) is 0.448. The largest absolute Gasteiger partial charge is 0.394 e. The SMILES string of the molecule is CC(C)CC(CO)NC(=O)C1NC(CC(C)(C)C)C(C#N)(c2ccc(Cl)cc2)C1c1cccc(Cl)c1. The molecule has 5 unspecified atom stereocenters. The van der Waals surface area contributed by atoms with Gasteiger partial charge in [-0.05, 0) is 59.6 Å². The van der Waals surface area contributed by atoms with Crippen LogP contribution in [-0.4, -0.2) is 35.7 Å². The summed E-state index contributed by atoms with van der Waals surface area (Å²) in [6, 6.07) is 16.0. The maximum absolute atomic E-state index is 13.8. The quantitative estimate of drug-likeness (QED) is 0.401. The summed E-state index contributed by atoms with van der Waals surface area (Å²) in [6.07, 6.45) is 1.32. The zero-order valence-corrected chi connectivity index (χ0v) is 23.2. The van der Waals surface area contributed by atoms with Crippen LogP contribution in [0.1, 0.15) is 64.5 Å². The molecule has 1 aliphatic heterocycles. The average Bonchev–Trinajstić information content (AvgIpc) is 3.12. The van der Waals surface area contributed by atoms with Gasteiger partial charge in [0.15, 0.2) is 0 Å². The first-order valence-electron chi connectivity index (χ1n) is 12.5. The van der Waals surface area contributed by atoms with Gasteiger partial charge in [-0.2, -0.15) is 5.26 Å². The van der Waals surface area contributed by atoms with Crippen LogP contribution in [0.15, 0.2) is 48.5 Å². The molecule has 5 atom stereocenters. The summed E-state index contributed by atoms with van der Waals surface area (Å²) in [5.74, 6) is -0.443. The molecule has 0 spiro atoms. The molecule has 1 heterocycles. The summed E-state index contributed by atoms with van der Waals surface area (Å²) in [6.45, 7) is 10.3. The van der Waals surface area contributed by atoms with Crippen molar-refractivity contribution in [3.05, 3.63) is 69.7 Å². The van der Waals surface area contributed by atoms with Crippen LogP contribution in [0.3, 0.4) is 0 Å². The topological polar surface area (TPSA) is 85.2 Å². The number of aliphatic hydroxyl groups excluding tert-OH is 1. The zero-order valence-electron chi connectivity index (χ0n) is 21.7. The molecule has 36 heavy (non-hydrogen) atoms. The van der Waals surface area contributed by atoms with Gasteiger partial charge in [-0.3, -0.25) is 4.79 Å². The Hall–Kier alpha value is -2.10. The Kier molecular flexibility index (Phi) is 9.11. The number of hydrogen-bond acceptors (Lipinski definition) is 4. The summed E-state index contributed by atoms with van der Waals surface area (Å²) in [7, 11) is 0. The molecule has 1 saturated heterocycles. The molecule has 194 valence electrons. The van der Waals surface area contributed by atoms with Crippen molar-refractivity contribution in [2.75, 3.05) is 6.61 Å². The normalized spacial score (nSPS) is 24.9. The minimum Gasteiger partial charge on any atom is -0.394 e. The van der Waals surface area contributed by atoms with E-state index in [9.17, 15) is 15.2 Å². The molecular weight excluding hydrogens is 493 g/mol. The third kappa shape index (κ3) is 6.23. The van der Waals surface area contributed by atoms with Gasteiger partial charge >= 0.3 is 0 Å². The third-order valence-electron chi connectivity index (χ3n) is 6.89. The second-order valence-corrected chi connectivity index (χ2v) is 12.4. The Morgan fingerprint density at radius 2 is 1.83 bits per heavy atom. The fourth-order valence-corrected chi connectivity index (χ4v) is 5.82. The number of carbonyl (C=O) groups excluding carboxylic acids is 1. The van der Waals surface area contributed by atoms with Crippen LogP contribution >= 0.6 is 23.2 Å². The van der Waals surface area contributed by atoms with Crippen molar-refractivity contribution >= 4 is 29.1 Å². The van der Waals surface area contributed by atoms with Gasteiger partial charge in [0.05, 0.1) is 24.8 Å². The Labute approximate surface area is 225 Å². The van der Waals surface area contributed by atoms with Crippen LogP contribution in [0.5, 0.6) is 0 Å². The summed E-state index contributed by atoms with van der Waals surface area (Å²) < 4.78 is 0. The van der Waals surface area contributed by atoms with Gasteiger partial charge in [0.1, 0.15) is 5.41 Å². The lowest BCUT2D eigenvalue weighted by molar-refractivity contribution is -0.124. The Morgan fingerprint density at radius 3 is 2.36 bits per heavy atom. The van der Waals surface area contributed by atoms with Gasteiger partial charge < -0.3 is 15.7 Å². The minimum absolute atomic E-state index is 0.109. The molecule has 0 aliphatic carbocycles. The van der Waals surface area contributed by atoms with Crippen molar-refractivity contribution in [1.29, 1.82) is 5.26 Å². The summed E-state index contributed by atoms with van der Waals surface area (Å²) >= 11 is 12.6. The van der Waals surface area contributed by atoms with Crippen LogP contribution in [0.4, 0.5) is 0 Å². The molecule has 1 amide bonds. The number of carbonyl (C=O) groups is 1. The van der Waals surface area contributed by atoms with Crippen molar-refractivity contribution < 1.29 is 9.90 Å². The van der Waals surface area contributed by atoms with Crippen LogP contribution in [0.2, 0.25) is 10.0 Å². The van der Waals surface area contributed by atoms with Crippen molar-refractivity contribution in [2.45, 2.75) is 76.9 Å². The average molecular weight is 531 g/mol. The number of rotatable bonds is 8.